The van der Waals surface area contributed by atoms with Crippen molar-refractivity contribution in [3.05, 3.63) is 29.6 Å². The SMILES string of the molecule is CNC1CSc2c(F)cccc21. The highest BCUT2D eigenvalue weighted by molar-refractivity contribution is 7.99. The number of hydrogen-bond donors (Lipinski definition) is 1. The van der Waals surface area contributed by atoms with Crippen molar-refractivity contribution in [3.8, 4) is 0 Å². The molecule has 0 saturated carbocycles. The predicted octanol–water partition coefficient (Wildman–Crippen LogP) is 2.19. The van der Waals surface area contributed by atoms with E-state index in [2.05, 4.69) is 5.32 Å². The number of nitrogens with one attached hydrogen (secondary N) is 1. The van der Waals surface area contributed by atoms with Crippen LogP contribution in [-0.2, 0) is 0 Å². The molecule has 1 heterocycles. The van der Waals surface area contributed by atoms with Gasteiger partial charge in [-0.05, 0) is 18.7 Å². The fourth-order valence-electron chi connectivity index (χ4n) is 1.45. The summed E-state index contributed by atoms with van der Waals surface area (Å²) in [5.74, 6) is 0.850. The van der Waals surface area contributed by atoms with Gasteiger partial charge in [0.2, 0.25) is 0 Å². The van der Waals surface area contributed by atoms with Crippen LogP contribution in [0.2, 0.25) is 0 Å². The van der Waals surface area contributed by atoms with E-state index in [1.54, 1.807) is 17.8 Å². The van der Waals surface area contributed by atoms with E-state index in [1.165, 1.54) is 6.07 Å². The summed E-state index contributed by atoms with van der Waals surface area (Å²) in [5.41, 5.74) is 1.10. The summed E-state index contributed by atoms with van der Waals surface area (Å²) in [6.07, 6.45) is 0. The minimum absolute atomic E-state index is 0.0877. The van der Waals surface area contributed by atoms with Crippen LogP contribution in [0.1, 0.15) is 11.6 Å². The predicted molar refractivity (Wildman–Crippen MR) is 48.9 cm³/mol. The van der Waals surface area contributed by atoms with Gasteiger partial charge in [0.25, 0.3) is 0 Å². The molecule has 1 N–H and O–H groups in total. The molecule has 1 aromatic carbocycles. The Bertz CT molecular complexity index is 301. The zero-order chi connectivity index (χ0) is 8.55. The fraction of sp³-hybridized carbons (Fsp3) is 0.333. The monoisotopic (exact) mass is 183 g/mol. The first-order chi connectivity index (χ1) is 5.83. The standard InChI is InChI=1S/C9H10FNS/c1-11-8-5-12-9-6(8)3-2-4-7(9)10/h2-4,8,11H,5H2,1H3. The van der Waals surface area contributed by atoms with Crippen molar-refractivity contribution >= 4 is 11.8 Å². The van der Waals surface area contributed by atoms with Gasteiger partial charge in [0.15, 0.2) is 0 Å². The van der Waals surface area contributed by atoms with Crippen LogP contribution >= 0.6 is 11.8 Å². The first kappa shape index (κ1) is 8.08. The number of benzene rings is 1. The highest BCUT2D eigenvalue weighted by Gasteiger charge is 2.23. The Kier molecular flexibility index (Phi) is 2.07. The molecule has 1 atom stereocenters. The number of rotatable bonds is 1. The third-order valence-electron chi connectivity index (χ3n) is 2.12. The van der Waals surface area contributed by atoms with E-state index in [9.17, 15) is 4.39 Å². The van der Waals surface area contributed by atoms with E-state index in [4.69, 9.17) is 0 Å². The van der Waals surface area contributed by atoms with E-state index in [0.717, 1.165) is 16.2 Å². The van der Waals surface area contributed by atoms with Crippen molar-refractivity contribution in [1.82, 2.24) is 5.32 Å². The van der Waals surface area contributed by atoms with E-state index in [0.29, 0.717) is 6.04 Å². The molecule has 3 heteroatoms. The molecule has 0 bridgehead atoms. The molecule has 0 aromatic heterocycles. The highest BCUT2D eigenvalue weighted by atomic mass is 32.2. The van der Waals surface area contributed by atoms with Crippen LogP contribution in [0.15, 0.2) is 23.1 Å². The van der Waals surface area contributed by atoms with Crippen molar-refractivity contribution < 1.29 is 4.39 Å². The van der Waals surface area contributed by atoms with Gasteiger partial charge in [-0.25, -0.2) is 4.39 Å². The largest absolute Gasteiger partial charge is 0.312 e. The Balaban J connectivity index is 2.46. The van der Waals surface area contributed by atoms with Crippen molar-refractivity contribution in [2.75, 3.05) is 12.8 Å². The quantitative estimate of drug-likeness (QED) is 0.716. The molecule has 12 heavy (non-hydrogen) atoms. The summed E-state index contributed by atoms with van der Waals surface area (Å²) >= 11 is 1.59. The van der Waals surface area contributed by atoms with E-state index < -0.39 is 0 Å². The van der Waals surface area contributed by atoms with E-state index in [-0.39, 0.29) is 5.82 Å². The van der Waals surface area contributed by atoms with Crippen LogP contribution in [0.5, 0.6) is 0 Å². The highest BCUT2D eigenvalue weighted by Crippen LogP contribution is 2.39. The summed E-state index contributed by atoms with van der Waals surface area (Å²) in [6, 6.07) is 5.59. The molecular weight excluding hydrogens is 173 g/mol. The van der Waals surface area contributed by atoms with Gasteiger partial charge < -0.3 is 5.32 Å². The van der Waals surface area contributed by atoms with Crippen molar-refractivity contribution in [1.29, 1.82) is 0 Å². The lowest BCUT2D eigenvalue weighted by molar-refractivity contribution is 0.588. The third kappa shape index (κ3) is 1.13. The molecule has 1 unspecified atom stereocenters. The minimum atomic E-state index is -0.0877. The normalized spacial score (nSPS) is 21.0. The Hall–Kier alpha value is -0.540. The van der Waals surface area contributed by atoms with Gasteiger partial charge in [-0.2, -0.15) is 0 Å². The van der Waals surface area contributed by atoms with Gasteiger partial charge in [-0.1, -0.05) is 12.1 Å². The molecule has 0 radical (unpaired) electrons. The molecule has 0 saturated heterocycles. The maximum absolute atomic E-state index is 13.2. The lowest BCUT2D eigenvalue weighted by Crippen LogP contribution is -2.15. The van der Waals surface area contributed by atoms with Crippen molar-refractivity contribution in [3.63, 3.8) is 0 Å². The lowest BCUT2D eigenvalue weighted by Gasteiger charge is -2.07. The summed E-state index contributed by atoms with van der Waals surface area (Å²) in [5, 5.41) is 3.16. The minimum Gasteiger partial charge on any atom is -0.312 e. The summed E-state index contributed by atoms with van der Waals surface area (Å²) in [7, 11) is 1.91. The number of halogens is 1. The molecule has 64 valence electrons. The van der Waals surface area contributed by atoms with Crippen LogP contribution in [0.4, 0.5) is 4.39 Å². The van der Waals surface area contributed by atoms with Crippen LogP contribution in [-0.4, -0.2) is 12.8 Å². The molecular formula is C9H10FNS. The van der Waals surface area contributed by atoms with Crippen LogP contribution in [0.25, 0.3) is 0 Å². The second kappa shape index (κ2) is 3.07. The Morgan fingerprint density at radius 2 is 2.42 bits per heavy atom. The molecule has 0 spiro atoms. The van der Waals surface area contributed by atoms with Gasteiger partial charge in [0.05, 0.1) is 0 Å². The molecule has 0 aliphatic carbocycles. The smallest absolute Gasteiger partial charge is 0.137 e. The van der Waals surface area contributed by atoms with Crippen LogP contribution in [0, 0.1) is 5.82 Å². The maximum Gasteiger partial charge on any atom is 0.137 e. The topological polar surface area (TPSA) is 12.0 Å². The summed E-state index contributed by atoms with van der Waals surface area (Å²) in [4.78, 5) is 0.817. The maximum atomic E-state index is 13.2. The summed E-state index contributed by atoms with van der Waals surface area (Å²) < 4.78 is 13.2. The summed E-state index contributed by atoms with van der Waals surface area (Å²) in [6.45, 7) is 0. The van der Waals surface area contributed by atoms with Gasteiger partial charge in [0, 0.05) is 16.7 Å². The molecule has 1 nitrogen and oxygen atoms in total. The molecule has 1 aliphatic heterocycles. The molecule has 2 rings (SSSR count). The second-order valence-corrected chi connectivity index (χ2v) is 3.84. The Morgan fingerprint density at radius 3 is 3.17 bits per heavy atom. The first-order valence-corrected chi connectivity index (χ1v) is 4.90. The second-order valence-electron chi connectivity index (χ2n) is 2.81. The molecule has 0 fully saturated rings. The molecule has 0 amide bonds. The number of thioether (sulfide) groups is 1. The zero-order valence-corrected chi connectivity index (χ0v) is 7.62. The van der Waals surface area contributed by atoms with Gasteiger partial charge in [0.1, 0.15) is 5.82 Å². The molecule has 1 aliphatic rings. The third-order valence-corrected chi connectivity index (χ3v) is 3.34. The van der Waals surface area contributed by atoms with Gasteiger partial charge in [-0.15, -0.1) is 11.8 Å². The fourth-order valence-corrected chi connectivity index (χ4v) is 2.71. The van der Waals surface area contributed by atoms with E-state index in [1.807, 2.05) is 13.1 Å². The van der Waals surface area contributed by atoms with Gasteiger partial charge >= 0.3 is 0 Å². The van der Waals surface area contributed by atoms with E-state index >= 15 is 0 Å². The average molecular weight is 183 g/mol. The van der Waals surface area contributed by atoms with Crippen molar-refractivity contribution in [2.24, 2.45) is 0 Å². The lowest BCUT2D eigenvalue weighted by atomic mass is 10.1. The Morgan fingerprint density at radius 1 is 1.58 bits per heavy atom. The molecule has 1 aromatic rings. The number of hydrogen-bond acceptors (Lipinski definition) is 2. The van der Waals surface area contributed by atoms with Gasteiger partial charge in [-0.3, -0.25) is 0 Å². The Labute approximate surface area is 75.4 Å². The first-order valence-electron chi connectivity index (χ1n) is 3.91. The van der Waals surface area contributed by atoms with Crippen LogP contribution < -0.4 is 5.32 Å². The van der Waals surface area contributed by atoms with Crippen LogP contribution in [0.3, 0.4) is 0 Å². The number of fused-ring (bicyclic) bond motifs is 1. The average Bonchev–Trinajstić information content (AvgIpc) is 2.49. The van der Waals surface area contributed by atoms with Crippen molar-refractivity contribution in [2.45, 2.75) is 10.9 Å². The zero-order valence-electron chi connectivity index (χ0n) is 6.80.